The summed E-state index contributed by atoms with van der Waals surface area (Å²) in [4.78, 5) is 24.0. The van der Waals surface area contributed by atoms with Crippen molar-refractivity contribution in [3.05, 3.63) is 0 Å². The highest BCUT2D eigenvalue weighted by molar-refractivity contribution is 7.99. The fourth-order valence-electron chi connectivity index (χ4n) is 1.71. The molecule has 2 amide bonds. The molecule has 0 aromatic carbocycles. The number of amides is 2. The van der Waals surface area contributed by atoms with Gasteiger partial charge in [-0.05, 0) is 17.6 Å². The number of hydrogen-bond acceptors (Lipinski definition) is 4. The summed E-state index contributed by atoms with van der Waals surface area (Å²) in [7, 11) is 0. The van der Waals surface area contributed by atoms with E-state index in [-0.39, 0.29) is 24.3 Å². The Morgan fingerprint density at radius 3 is 2.19 bits per heavy atom. The Hall–Kier alpha value is -0.790. The number of hydrazine groups is 1. The van der Waals surface area contributed by atoms with Crippen molar-refractivity contribution in [2.24, 2.45) is 11.8 Å². The van der Waals surface area contributed by atoms with Crippen LogP contribution in [0.15, 0.2) is 0 Å². The van der Waals surface area contributed by atoms with Gasteiger partial charge in [0.25, 0.3) is 5.91 Å². The van der Waals surface area contributed by atoms with E-state index in [9.17, 15) is 9.59 Å². The molecule has 0 atom stereocenters. The monoisotopic (exact) mass is 317 g/mol. The van der Waals surface area contributed by atoms with Crippen LogP contribution in [-0.2, 0) is 9.59 Å². The smallest absolute Gasteiger partial charge is 0.256 e. The zero-order chi connectivity index (χ0) is 16.4. The lowest BCUT2D eigenvalue weighted by Gasteiger charge is -2.27. The van der Waals surface area contributed by atoms with E-state index in [1.807, 2.05) is 34.6 Å². The van der Waals surface area contributed by atoms with E-state index in [1.54, 1.807) is 0 Å². The van der Waals surface area contributed by atoms with Crippen LogP contribution in [0.3, 0.4) is 0 Å². The summed E-state index contributed by atoms with van der Waals surface area (Å²) in [5, 5.41) is 2.60. The zero-order valence-corrected chi connectivity index (χ0v) is 14.6. The van der Waals surface area contributed by atoms with E-state index in [1.165, 1.54) is 21.8 Å². The SMILES string of the molecule is CCSCC(=O)NN(CC(C)C)C(=O)CN([NH])CC(C)C. The van der Waals surface area contributed by atoms with Crippen LogP contribution in [0.2, 0.25) is 0 Å². The molecule has 0 saturated heterocycles. The number of carbonyl (C=O) groups excluding carboxylic acids is 2. The average molecular weight is 317 g/mol. The summed E-state index contributed by atoms with van der Waals surface area (Å²) in [6.45, 7) is 10.9. The first kappa shape index (κ1) is 20.2. The Morgan fingerprint density at radius 2 is 1.71 bits per heavy atom. The summed E-state index contributed by atoms with van der Waals surface area (Å²) >= 11 is 1.51. The topological polar surface area (TPSA) is 76.5 Å². The molecule has 7 heteroatoms. The van der Waals surface area contributed by atoms with Crippen LogP contribution in [0.5, 0.6) is 0 Å². The Balaban J connectivity index is 4.51. The van der Waals surface area contributed by atoms with E-state index in [0.29, 0.717) is 24.8 Å². The van der Waals surface area contributed by atoms with Crippen molar-refractivity contribution in [3.8, 4) is 0 Å². The molecule has 0 bridgehead atoms. The van der Waals surface area contributed by atoms with Crippen molar-refractivity contribution in [2.75, 3.05) is 31.1 Å². The molecular weight excluding hydrogens is 288 g/mol. The van der Waals surface area contributed by atoms with Gasteiger partial charge >= 0.3 is 0 Å². The lowest BCUT2D eigenvalue weighted by atomic mass is 10.2. The third-order valence-corrected chi connectivity index (χ3v) is 3.33. The molecule has 21 heavy (non-hydrogen) atoms. The quantitative estimate of drug-likeness (QED) is 0.652. The van der Waals surface area contributed by atoms with Crippen LogP contribution < -0.4 is 11.3 Å². The summed E-state index contributed by atoms with van der Waals surface area (Å²) < 4.78 is 0. The lowest BCUT2D eigenvalue weighted by molar-refractivity contribution is -0.142. The molecule has 123 valence electrons. The fourth-order valence-corrected chi connectivity index (χ4v) is 2.16. The second kappa shape index (κ2) is 10.9. The Bertz CT molecular complexity index is 324. The van der Waals surface area contributed by atoms with Crippen molar-refractivity contribution >= 4 is 23.6 Å². The minimum absolute atomic E-state index is 0.00784. The van der Waals surface area contributed by atoms with E-state index in [0.717, 1.165) is 5.75 Å². The van der Waals surface area contributed by atoms with Crippen molar-refractivity contribution in [2.45, 2.75) is 34.6 Å². The Labute approximate surface area is 132 Å². The summed E-state index contributed by atoms with van der Waals surface area (Å²) in [6, 6.07) is 0. The van der Waals surface area contributed by atoms with Crippen LogP contribution >= 0.6 is 11.8 Å². The molecule has 0 aliphatic rings. The molecule has 0 unspecified atom stereocenters. The maximum atomic E-state index is 12.2. The molecule has 0 aromatic heterocycles. The minimum atomic E-state index is -0.241. The molecule has 0 saturated carbocycles. The molecule has 0 aliphatic heterocycles. The van der Waals surface area contributed by atoms with Crippen LogP contribution in [0, 0.1) is 11.8 Å². The number of hydrogen-bond donors (Lipinski definition) is 1. The van der Waals surface area contributed by atoms with Crippen LogP contribution in [0.25, 0.3) is 0 Å². The van der Waals surface area contributed by atoms with Crippen LogP contribution in [0.1, 0.15) is 34.6 Å². The van der Waals surface area contributed by atoms with Crippen LogP contribution in [0.4, 0.5) is 0 Å². The zero-order valence-electron chi connectivity index (χ0n) is 13.8. The molecule has 0 fully saturated rings. The second-order valence-electron chi connectivity index (χ2n) is 5.84. The van der Waals surface area contributed by atoms with E-state index in [4.69, 9.17) is 5.84 Å². The van der Waals surface area contributed by atoms with Gasteiger partial charge in [-0.1, -0.05) is 34.6 Å². The Morgan fingerprint density at radius 1 is 1.14 bits per heavy atom. The summed E-state index contributed by atoms with van der Waals surface area (Å²) in [5.41, 5.74) is 2.66. The van der Waals surface area contributed by atoms with Gasteiger partial charge in [-0.2, -0.15) is 17.6 Å². The van der Waals surface area contributed by atoms with Crippen molar-refractivity contribution in [1.29, 1.82) is 0 Å². The third kappa shape index (κ3) is 10.6. The molecule has 0 spiro atoms. The molecule has 2 N–H and O–H groups in total. The molecular formula is C14H29N4O2S. The normalized spacial score (nSPS) is 11.3. The second-order valence-corrected chi connectivity index (χ2v) is 7.12. The van der Waals surface area contributed by atoms with Gasteiger partial charge < -0.3 is 0 Å². The van der Waals surface area contributed by atoms with Crippen molar-refractivity contribution in [3.63, 3.8) is 0 Å². The number of thioether (sulfide) groups is 1. The Kier molecular flexibility index (Phi) is 10.5. The highest BCUT2D eigenvalue weighted by Gasteiger charge is 2.19. The molecule has 6 nitrogen and oxygen atoms in total. The molecule has 0 aliphatic carbocycles. The predicted molar refractivity (Wildman–Crippen MR) is 87.2 cm³/mol. The van der Waals surface area contributed by atoms with Gasteiger partial charge in [0.2, 0.25) is 5.91 Å². The number of nitrogens with one attached hydrogen (secondary N) is 2. The van der Waals surface area contributed by atoms with E-state index >= 15 is 0 Å². The van der Waals surface area contributed by atoms with Gasteiger partial charge in [0, 0.05) is 13.1 Å². The van der Waals surface area contributed by atoms with Gasteiger partial charge in [0.05, 0.1) is 12.3 Å². The molecule has 0 rings (SSSR count). The molecule has 0 heterocycles. The van der Waals surface area contributed by atoms with Gasteiger partial charge in [-0.3, -0.25) is 20.0 Å². The summed E-state index contributed by atoms with van der Waals surface area (Å²) in [5.74, 6) is 9.13. The average Bonchev–Trinajstić information content (AvgIpc) is 2.33. The van der Waals surface area contributed by atoms with Gasteiger partial charge in [-0.25, -0.2) is 5.01 Å². The largest absolute Gasteiger partial charge is 0.272 e. The van der Waals surface area contributed by atoms with Crippen molar-refractivity contribution in [1.82, 2.24) is 21.3 Å². The first-order chi connectivity index (χ1) is 9.76. The van der Waals surface area contributed by atoms with E-state index < -0.39 is 0 Å². The standard InChI is InChI=1S/C14H29N4O2S/c1-6-21-10-13(19)16-18(8-12(4)5)14(20)9-17(15)7-11(2)3/h11-12,15H,6-10H2,1-5H3,(H,16,19). The van der Waals surface area contributed by atoms with Gasteiger partial charge in [-0.15, -0.1) is 0 Å². The predicted octanol–water partition coefficient (Wildman–Crippen LogP) is 1.41. The maximum Gasteiger partial charge on any atom is 0.256 e. The number of rotatable bonds is 9. The number of carbonyl (C=O) groups is 2. The van der Waals surface area contributed by atoms with Gasteiger partial charge in [0.15, 0.2) is 0 Å². The fraction of sp³-hybridized carbons (Fsp3) is 0.857. The van der Waals surface area contributed by atoms with Crippen LogP contribution in [-0.4, -0.2) is 53.0 Å². The third-order valence-electron chi connectivity index (χ3n) is 2.46. The maximum absolute atomic E-state index is 12.2. The minimum Gasteiger partial charge on any atom is -0.272 e. The van der Waals surface area contributed by atoms with Gasteiger partial charge in [0.1, 0.15) is 0 Å². The van der Waals surface area contributed by atoms with Crippen molar-refractivity contribution < 1.29 is 9.59 Å². The summed E-state index contributed by atoms with van der Waals surface area (Å²) in [6.07, 6.45) is 0. The number of nitrogens with zero attached hydrogens (tertiary/aromatic N) is 2. The first-order valence-corrected chi connectivity index (χ1v) is 8.55. The van der Waals surface area contributed by atoms with E-state index in [2.05, 4.69) is 5.43 Å². The highest BCUT2D eigenvalue weighted by Crippen LogP contribution is 2.02. The first-order valence-electron chi connectivity index (χ1n) is 7.40. The lowest BCUT2D eigenvalue weighted by Crippen LogP contribution is -2.52. The molecule has 0 aromatic rings. The highest BCUT2D eigenvalue weighted by atomic mass is 32.2. The molecule has 1 radical (unpaired) electrons.